The van der Waals surface area contributed by atoms with Gasteiger partial charge in [-0.15, -0.1) is 0 Å². The topological polar surface area (TPSA) is 41.6 Å². The van der Waals surface area contributed by atoms with Crippen molar-refractivity contribution in [2.45, 2.75) is 26.8 Å². The highest BCUT2D eigenvalue weighted by Crippen LogP contribution is 2.23. The van der Waals surface area contributed by atoms with Crippen molar-refractivity contribution in [3.63, 3.8) is 0 Å². The van der Waals surface area contributed by atoms with Gasteiger partial charge in [-0.05, 0) is 39.0 Å². The van der Waals surface area contributed by atoms with Gasteiger partial charge in [0.15, 0.2) is 0 Å². The smallest absolute Gasteiger partial charge is 0.256 e. The molecule has 0 aliphatic heterocycles. The molecule has 1 atom stereocenters. The van der Waals surface area contributed by atoms with Crippen molar-refractivity contribution in [3.8, 4) is 0 Å². The Morgan fingerprint density at radius 2 is 2.15 bits per heavy atom. The number of rotatable bonds is 7. The molecule has 1 aromatic carbocycles. The molecule has 0 radical (unpaired) electrons. The molecule has 0 aromatic heterocycles. The van der Waals surface area contributed by atoms with Gasteiger partial charge < -0.3 is 15.0 Å². The van der Waals surface area contributed by atoms with Crippen LogP contribution in [0.1, 0.15) is 31.1 Å². The van der Waals surface area contributed by atoms with Gasteiger partial charge in [0.25, 0.3) is 5.91 Å². The molecule has 1 N–H and O–H groups in total. The van der Waals surface area contributed by atoms with Gasteiger partial charge in [-0.1, -0.05) is 11.6 Å². The molecule has 1 aromatic rings. The minimum Gasteiger partial charge on any atom is -0.385 e. The van der Waals surface area contributed by atoms with Gasteiger partial charge in [-0.3, -0.25) is 4.79 Å². The number of hydrogen-bond acceptors (Lipinski definition) is 3. The molecule has 112 valence electrons. The van der Waals surface area contributed by atoms with E-state index >= 15 is 0 Å². The van der Waals surface area contributed by atoms with E-state index in [2.05, 4.69) is 5.32 Å². The van der Waals surface area contributed by atoms with E-state index in [1.54, 1.807) is 24.1 Å². The van der Waals surface area contributed by atoms with Crippen LogP contribution in [0.15, 0.2) is 18.2 Å². The van der Waals surface area contributed by atoms with Crippen LogP contribution in [0.2, 0.25) is 5.02 Å². The number of benzene rings is 1. The highest BCUT2D eigenvalue weighted by Gasteiger charge is 2.22. The molecule has 0 aliphatic rings. The van der Waals surface area contributed by atoms with Crippen LogP contribution in [0.3, 0.4) is 0 Å². The summed E-state index contributed by atoms with van der Waals surface area (Å²) in [6, 6.07) is 5.36. The lowest BCUT2D eigenvalue weighted by Gasteiger charge is -2.28. The largest absolute Gasteiger partial charge is 0.385 e. The predicted molar refractivity (Wildman–Crippen MR) is 83.7 cm³/mol. The summed E-state index contributed by atoms with van der Waals surface area (Å²) in [6.07, 6.45) is 0. The second-order valence-electron chi connectivity index (χ2n) is 4.62. The van der Waals surface area contributed by atoms with Crippen molar-refractivity contribution >= 4 is 23.2 Å². The number of methoxy groups -OCH3 is 1. The van der Waals surface area contributed by atoms with Crippen LogP contribution >= 0.6 is 11.6 Å². The first kappa shape index (κ1) is 16.8. The fraction of sp³-hybridized carbons (Fsp3) is 0.533. The minimum atomic E-state index is -0.0319. The van der Waals surface area contributed by atoms with E-state index in [0.717, 1.165) is 12.2 Å². The lowest BCUT2D eigenvalue weighted by Crippen LogP contribution is -2.41. The lowest BCUT2D eigenvalue weighted by atomic mass is 10.1. The Balaban J connectivity index is 3.07. The Kier molecular flexibility index (Phi) is 6.82. The van der Waals surface area contributed by atoms with Gasteiger partial charge in [-0.25, -0.2) is 0 Å². The van der Waals surface area contributed by atoms with Gasteiger partial charge in [0, 0.05) is 30.9 Å². The van der Waals surface area contributed by atoms with Crippen LogP contribution in [-0.2, 0) is 4.74 Å². The molecular weight excluding hydrogens is 276 g/mol. The molecule has 0 spiro atoms. The van der Waals surface area contributed by atoms with E-state index in [9.17, 15) is 4.79 Å². The Morgan fingerprint density at radius 3 is 2.70 bits per heavy atom. The number of halogens is 1. The number of carbonyl (C=O) groups is 1. The predicted octanol–water partition coefficient (Wildman–Crippen LogP) is 3.27. The molecule has 1 unspecified atom stereocenters. The Morgan fingerprint density at radius 1 is 1.45 bits per heavy atom. The van der Waals surface area contributed by atoms with Crippen molar-refractivity contribution in [1.82, 2.24) is 4.90 Å². The first-order valence-corrected chi connectivity index (χ1v) is 7.26. The fourth-order valence-electron chi connectivity index (χ4n) is 2.18. The molecule has 1 rings (SSSR count). The highest BCUT2D eigenvalue weighted by atomic mass is 35.5. The summed E-state index contributed by atoms with van der Waals surface area (Å²) >= 11 is 6.03. The standard InChI is InChI=1S/C15H23ClN2O2/c1-5-17-14-8-7-12(16)9-13(14)15(19)18(6-2)11(3)10-20-4/h7-9,11,17H,5-6,10H2,1-4H3. The Labute approximate surface area is 126 Å². The maximum absolute atomic E-state index is 12.7. The average molecular weight is 299 g/mol. The first-order valence-electron chi connectivity index (χ1n) is 6.88. The zero-order chi connectivity index (χ0) is 15.1. The average Bonchev–Trinajstić information content (AvgIpc) is 2.42. The van der Waals surface area contributed by atoms with E-state index in [1.165, 1.54) is 0 Å². The van der Waals surface area contributed by atoms with Gasteiger partial charge in [0.05, 0.1) is 18.2 Å². The fourth-order valence-corrected chi connectivity index (χ4v) is 2.35. The van der Waals surface area contributed by atoms with Crippen LogP contribution in [0.4, 0.5) is 5.69 Å². The Bertz CT molecular complexity index is 451. The minimum absolute atomic E-state index is 0.0194. The molecule has 0 heterocycles. The van der Waals surface area contributed by atoms with Gasteiger partial charge >= 0.3 is 0 Å². The van der Waals surface area contributed by atoms with Crippen molar-refractivity contribution in [2.75, 3.05) is 32.1 Å². The van der Waals surface area contributed by atoms with Crippen LogP contribution in [0, 0.1) is 0 Å². The normalized spacial score (nSPS) is 12.1. The van der Waals surface area contributed by atoms with Crippen molar-refractivity contribution in [3.05, 3.63) is 28.8 Å². The van der Waals surface area contributed by atoms with Crippen molar-refractivity contribution in [2.24, 2.45) is 0 Å². The number of carbonyl (C=O) groups excluding carboxylic acids is 1. The van der Waals surface area contributed by atoms with E-state index in [-0.39, 0.29) is 11.9 Å². The first-order chi connectivity index (χ1) is 9.54. The molecule has 0 saturated heterocycles. The van der Waals surface area contributed by atoms with Crippen molar-refractivity contribution < 1.29 is 9.53 Å². The van der Waals surface area contributed by atoms with Crippen LogP contribution in [0.25, 0.3) is 0 Å². The maximum Gasteiger partial charge on any atom is 0.256 e. The summed E-state index contributed by atoms with van der Waals surface area (Å²) < 4.78 is 5.14. The number of nitrogens with one attached hydrogen (secondary N) is 1. The number of amides is 1. The third-order valence-electron chi connectivity index (χ3n) is 3.12. The second kappa shape index (κ2) is 8.12. The molecule has 0 fully saturated rings. The van der Waals surface area contributed by atoms with Crippen LogP contribution in [-0.4, -0.2) is 43.7 Å². The van der Waals surface area contributed by atoms with Gasteiger partial charge in [0.1, 0.15) is 0 Å². The van der Waals surface area contributed by atoms with E-state index in [1.807, 2.05) is 26.8 Å². The lowest BCUT2D eigenvalue weighted by molar-refractivity contribution is 0.0580. The number of likely N-dealkylation sites (N-methyl/N-ethyl adjacent to an activating group) is 1. The third-order valence-corrected chi connectivity index (χ3v) is 3.36. The van der Waals surface area contributed by atoms with E-state index in [0.29, 0.717) is 23.7 Å². The zero-order valence-electron chi connectivity index (χ0n) is 12.6. The zero-order valence-corrected chi connectivity index (χ0v) is 13.3. The summed E-state index contributed by atoms with van der Waals surface area (Å²) in [7, 11) is 1.64. The Hall–Kier alpha value is -1.26. The molecule has 5 heteroatoms. The van der Waals surface area contributed by atoms with Gasteiger partial charge in [-0.2, -0.15) is 0 Å². The number of ether oxygens (including phenoxy) is 1. The molecule has 0 saturated carbocycles. The van der Waals surface area contributed by atoms with E-state index < -0.39 is 0 Å². The van der Waals surface area contributed by atoms with Crippen LogP contribution < -0.4 is 5.32 Å². The number of anilines is 1. The molecular formula is C15H23ClN2O2. The summed E-state index contributed by atoms with van der Waals surface area (Å²) in [5.74, 6) is -0.0319. The molecule has 0 aliphatic carbocycles. The number of hydrogen-bond donors (Lipinski definition) is 1. The third kappa shape index (κ3) is 4.12. The summed E-state index contributed by atoms with van der Waals surface area (Å²) in [4.78, 5) is 14.5. The van der Waals surface area contributed by atoms with E-state index in [4.69, 9.17) is 16.3 Å². The monoisotopic (exact) mass is 298 g/mol. The van der Waals surface area contributed by atoms with Crippen LogP contribution in [0.5, 0.6) is 0 Å². The molecule has 20 heavy (non-hydrogen) atoms. The van der Waals surface area contributed by atoms with Crippen molar-refractivity contribution in [1.29, 1.82) is 0 Å². The second-order valence-corrected chi connectivity index (χ2v) is 5.05. The molecule has 0 bridgehead atoms. The quantitative estimate of drug-likeness (QED) is 0.840. The van der Waals surface area contributed by atoms with Gasteiger partial charge in [0.2, 0.25) is 0 Å². The molecule has 1 amide bonds. The summed E-state index contributed by atoms with van der Waals surface area (Å²) in [6.45, 7) is 7.82. The summed E-state index contributed by atoms with van der Waals surface area (Å²) in [5.41, 5.74) is 1.41. The highest BCUT2D eigenvalue weighted by molar-refractivity contribution is 6.31. The molecule has 4 nitrogen and oxygen atoms in total. The SMILES string of the molecule is CCNc1ccc(Cl)cc1C(=O)N(CC)C(C)COC. The summed E-state index contributed by atoms with van der Waals surface area (Å²) in [5, 5.41) is 3.76. The maximum atomic E-state index is 12.7. The number of nitrogens with zero attached hydrogens (tertiary/aromatic N) is 1.